The SMILES string of the molecule is Cc1ccc2c(n1)-c1ccc(C(F)(F)F)cc1OC2. The Hall–Kier alpha value is -2.04. The topological polar surface area (TPSA) is 22.1 Å². The molecule has 0 spiro atoms. The number of nitrogens with zero attached hydrogens (tertiary/aromatic N) is 1. The molecule has 0 radical (unpaired) electrons. The van der Waals surface area contributed by atoms with Gasteiger partial charge in [0.1, 0.15) is 12.4 Å². The van der Waals surface area contributed by atoms with Gasteiger partial charge in [-0.2, -0.15) is 13.2 Å². The molecule has 0 bridgehead atoms. The van der Waals surface area contributed by atoms with E-state index in [9.17, 15) is 13.2 Å². The van der Waals surface area contributed by atoms with Crippen molar-refractivity contribution < 1.29 is 17.9 Å². The number of hydrogen-bond donors (Lipinski definition) is 0. The van der Waals surface area contributed by atoms with Crippen molar-refractivity contribution in [3.8, 4) is 17.0 Å². The highest BCUT2D eigenvalue weighted by atomic mass is 19.4. The van der Waals surface area contributed by atoms with E-state index in [1.807, 2.05) is 19.1 Å². The molecular formula is C14H10F3NO. The summed E-state index contributed by atoms with van der Waals surface area (Å²) in [4.78, 5) is 4.39. The Morgan fingerprint density at radius 3 is 2.68 bits per heavy atom. The smallest absolute Gasteiger partial charge is 0.416 e. The molecule has 1 aliphatic heterocycles. The van der Waals surface area contributed by atoms with Crippen LogP contribution in [0.2, 0.25) is 0 Å². The zero-order valence-corrected chi connectivity index (χ0v) is 10.1. The number of rotatable bonds is 0. The molecule has 0 N–H and O–H groups in total. The fourth-order valence-corrected chi connectivity index (χ4v) is 2.10. The third kappa shape index (κ3) is 2.05. The molecule has 2 aromatic rings. The van der Waals surface area contributed by atoms with E-state index in [2.05, 4.69) is 4.98 Å². The number of fused-ring (bicyclic) bond motifs is 3. The van der Waals surface area contributed by atoms with Crippen molar-refractivity contribution in [1.82, 2.24) is 4.98 Å². The van der Waals surface area contributed by atoms with Crippen LogP contribution in [0, 0.1) is 6.92 Å². The molecule has 3 rings (SSSR count). The van der Waals surface area contributed by atoms with Crippen LogP contribution in [0.25, 0.3) is 11.3 Å². The summed E-state index contributed by atoms with van der Waals surface area (Å²) in [6.07, 6.45) is -4.36. The normalized spacial score (nSPS) is 13.5. The average Bonchev–Trinajstić information content (AvgIpc) is 2.36. The summed E-state index contributed by atoms with van der Waals surface area (Å²) >= 11 is 0. The first kappa shape index (κ1) is 12.0. The zero-order valence-electron chi connectivity index (χ0n) is 10.1. The van der Waals surface area contributed by atoms with Gasteiger partial charge in [0.05, 0.1) is 11.3 Å². The van der Waals surface area contributed by atoms with Crippen LogP contribution in [0.4, 0.5) is 13.2 Å². The molecule has 0 fully saturated rings. The van der Waals surface area contributed by atoms with E-state index in [0.717, 1.165) is 23.4 Å². The molecule has 0 unspecified atom stereocenters. The predicted molar refractivity (Wildman–Crippen MR) is 63.7 cm³/mol. The summed E-state index contributed by atoms with van der Waals surface area (Å²) in [5.41, 5.74) is 2.32. The lowest BCUT2D eigenvalue weighted by Gasteiger charge is -2.21. The van der Waals surface area contributed by atoms with Crippen molar-refractivity contribution in [1.29, 1.82) is 0 Å². The molecule has 0 aliphatic carbocycles. The Morgan fingerprint density at radius 1 is 1.16 bits per heavy atom. The summed E-state index contributed by atoms with van der Waals surface area (Å²) in [6, 6.07) is 7.25. The van der Waals surface area contributed by atoms with E-state index in [0.29, 0.717) is 11.3 Å². The van der Waals surface area contributed by atoms with E-state index < -0.39 is 11.7 Å². The fourth-order valence-electron chi connectivity index (χ4n) is 2.10. The third-order valence-corrected chi connectivity index (χ3v) is 3.07. The van der Waals surface area contributed by atoms with Crippen LogP contribution in [0.3, 0.4) is 0 Å². The van der Waals surface area contributed by atoms with Crippen LogP contribution in [0.1, 0.15) is 16.8 Å². The van der Waals surface area contributed by atoms with Crippen LogP contribution in [-0.2, 0) is 12.8 Å². The van der Waals surface area contributed by atoms with Gasteiger partial charge in [0.2, 0.25) is 0 Å². The van der Waals surface area contributed by atoms with Gasteiger partial charge in [0.15, 0.2) is 0 Å². The minimum Gasteiger partial charge on any atom is -0.488 e. The first-order valence-electron chi connectivity index (χ1n) is 5.76. The van der Waals surface area contributed by atoms with Crippen molar-refractivity contribution in [3.05, 3.63) is 47.2 Å². The molecule has 19 heavy (non-hydrogen) atoms. The second-order valence-electron chi connectivity index (χ2n) is 4.46. The first-order valence-corrected chi connectivity index (χ1v) is 5.76. The molecule has 5 heteroatoms. The van der Waals surface area contributed by atoms with Crippen molar-refractivity contribution in [3.63, 3.8) is 0 Å². The second kappa shape index (κ2) is 3.98. The molecule has 2 nitrogen and oxygen atoms in total. The summed E-state index contributed by atoms with van der Waals surface area (Å²) in [5.74, 6) is 0.237. The maximum absolute atomic E-state index is 12.6. The predicted octanol–water partition coefficient (Wildman–Crippen LogP) is 3.97. The summed E-state index contributed by atoms with van der Waals surface area (Å²) < 4.78 is 43.3. The Balaban J connectivity index is 2.15. The van der Waals surface area contributed by atoms with Crippen LogP contribution < -0.4 is 4.74 Å². The van der Waals surface area contributed by atoms with E-state index in [1.54, 1.807) is 0 Å². The van der Waals surface area contributed by atoms with E-state index in [-0.39, 0.29) is 12.4 Å². The van der Waals surface area contributed by atoms with Gasteiger partial charge >= 0.3 is 6.18 Å². The monoisotopic (exact) mass is 265 g/mol. The number of pyridine rings is 1. The summed E-state index contributed by atoms with van der Waals surface area (Å²) in [7, 11) is 0. The zero-order chi connectivity index (χ0) is 13.6. The number of ether oxygens (including phenoxy) is 1. The summed E-state index contributed by atoms with van der Waals surface area (Å²) in [5, 5.41) is 0. The number of alkyl halides is 3. The molecule has 2 heterocycles. The maximum atomic E-state index is 12.6. The van der Waals surface area contributed by atoms with Crippen LogP contribution >= 0.6 is 0 Å². The van der Waals surface area contributed by atoms with Crippen molar-refractivity contribution in [2.75, 3.05) is 0 Å². The Bertz CT molecular complexity index is 650. The number of aryl methyl sites for hydroxylation is 1. The van der Waals surface area contributed by atoms with Gasteiger partial charge in [-0.1, -0.05) is 6.07 Å². The lowest BCUT2D eigenvalue weighted by molar-refractivity contribution is -0.137. The number of halogens is 3. The van der Waals surface area contributed by atoms with Gasteiger partial charge in [-0.25, -0.2) is 0 Å². The number of benzene rings is 1. The molecule has 1 aromatic carbocycles. The minimum atomic E-state index is -4.36. The highest BCUT2D eigenvalue weighted by Crippen LogP contribution is 2.40. The minimum absolute atomic E-state index is 0.237. The molecule has 1 aromatic heterocycles. The highest BCUT2D eigenvalue weighted by Gasteiger charge is 2.32. The first-order chi connectivity index (χ1) is 8.95. The van der Waals surface area contributed by atoms with Crippen molar-refractivity contribution in [2.45, 2.75) is 19.7 Å². The lowest BCUT2D eigenvalue weighted by Crippen LogP contribution is -2.10. The molecule has 0 amide bonds. The van der Waals surface area contributed by atoms with Crippen LogP contribution in [0.15, 0.2) is 30.3 Å². The van der Waals surface area contributed by atoms with Crippen molar-refractivity contribution in [2.24, 2.45) is 0 Å². The third-order valence-electron chi connectivity index (χ3n) is 3.07. The van der Waals surface area contributed by atoms with E-state index in [4.69, 9.17) is 4.74 Å². The van der Waals surface area contributed by atoms with Gasteiger partial charge in [-0.05, 0) is 31.2 Å². The highest BCUT2D eigenvalue weighted by molar-refractivity contribution is 5.72. The van der Waals surface area contributed by atoms with Crippen LogP contribution in [0.5, 0.6) is 5.75 Å². The van der Waals surface area contributed by atoms with Gasteiger partial charge < -0.3 is 4.74 Å². The fraction of sp³-hybridized carbons (Fsp3) is 0.214. The van der Waals surface area contributed by atoms with E-state index in [1.165, 1.54) is 6.07 Å². The molecule has 0 saturated heterocycles. The second-order valence-corrected chi connectivity index (χ2v) is 4.46. The lowest BCUT2D eigenvalue weighted by atomic mass is 10.0. The summed E-state index contributed by atoms with van der Waals surface area (Å²) in [6.45, 7) is 2.09. The maximum Gasteiger partial charge on any atom is 0.416 e. The number of aromatic nitrogens is 1. The van der Waals surface area contributed by atoms with Gasteiger partial charge in [0, 0.05) is 16.8 Å². The van der Waals surface area contributed by atoms with Crippen LogP contribution in [-0.4, -0.2) is 4.98 Å². The Morgan fingerprint density at radius 2 is 1.95 bits per heavy atom. The standard InChI is InChI=1S/C14H10F3NO/c1-8-2-3-9-7-19-12-6-10(14(15,16)17)4-5-11(12)13(9)18-8/h2-6H,7H2,1H3. The average molecular weight is 265 g/mol. The quantitative estimate of drug-likeness (QED) is 0.719. The number of hydrogen-bond acceptors (Lipinski definition) is 2. The molecular weight excluding hydrogens is 255 g/mol. The Labute approximate surface area is 107 Å². The largest absolute Gasteiger partial charge is 0.488 e. The molecule has 0 saturated carbocycles. The van der Waals surface area contributed by atoms with Gasteiger partial charge in [0.25, 0.3) is 0 Å². The van der Waals surface area contributed by atoms with Gasteiger partial charge in [-0.15, -0.1) is 0 Å². The van der Waals surface area contributed by atoms with Gasteiger partial charge in [-0.3, -0.25) is 4.98 Å². The molecule has 0 atom stereocenters. The molecule has 1 aliphatic rings. The van der Waals surface area contributed by atoms with Crippen molar-refractivity contribution >= 4 is 0 Å². The Kier molecular flexibility index (Phi) is 2.52. The van der Waals surface area contributed by atoms with E-state index >= 15 is 0 Å². The molecule has 98 valence electrons.